The quantitative estimate of drug-likeness (QED) is 0.883. The number of anilines is 1. The Kier molecular flexibility index (Phi) is 3.91. The van der Waals surface area contributed by atoms with Gasteiger partial charge >= 0.3 is 0 Å². The smallest absolute Gasteiger partial charge is 0.136 e. The van der Waals surface area contributed by atoms with Crippen LogP contribution >= 0.6 is 15.9 Å². The van der Waals surface area contributed by atoms with Crippen LogP contribution in [0.15, 0.2) is 28.7 Å². The molecule has 0 aliphatic rings. The van der Waals surface area contributed by atoms with Crippen molar-refractivity contribution in [2.24, 2.45) is 0 Å². The van der Waals surface area contributed by atoms with Crippen LogP contribution in [0.3, 0.4) is 0 Å². The molecule has 0 aliphatic heterocycles. The molecule has 4 nitrogen and oxygen atoms in total. The van der Waals surface area contributed by atoms with Crippen molar-refractivity contribution in [2.75, 3.05) is 5.73 Å². The molecule has 0 aliphatic carbocycles. The number of hydrogen-bond donors (Lipinski definition) is 1. The first-order valence-corrected chi connectivity index (χ1v) is 6.60. The van der Waals surface area contributed by atoms with Gasteiger partial charge in [0.05, 0.1) is 15.9 Å². The van der Waals surface area contributed by atoms with Crippen molar-refractivity contribution in [2.45, 2.75) is 27.0 Å². The Bertz CT molecular complexity index is 551. The lowest BCUT2D eigenvalue weighted by Gasteiger charge is -2.09. The maximum Gasteiger partial charge on any atom is 0.136 e. The third-order valence-electron chi connectivity index (χ3n) is 2.62. The summed E-state index contributed by atoms with van der Waals surface area (Å²) in [6.45, 7) is 5.36. The summed E-state index contributed by atoms with van der Waals surface area (Å²) in [5.41, 5.74) is 8.49. The number of benzene rings is 1. The molecule has 0 amide bonds. The second-order valence-electron chi connectivity index (χ2n) is 4.07. The van der Waals surface area contributed by atoms with Crippen molar-refractivity contribution in [3.8, 4) is 5.75 Å². The van der Waals surface area contributed by atoms with Crippen LogP contribution in [0.4, 0.5) is 5.69 Å². The Hall–Kier alpha value is -1.49. The number of hydrogen-bond acceptors (Lipinski definition) is 3. The summed E-state index contributed by atoms with van der Waals surface area (Å²) < 4.78 is 8.61. The second kappa shape index (κ2) is 5.44. The van der Waals surface area contributed by atoms with Crippen LogP contribution in [-0.4, -0.2) is 9.78 Å². The molecule has 5 heteroatoms. The van der Waals surface area contributed by atoms with Gasteiger partial charge in [0.25, 0.3) is 0 Å². The lowest BCUT2D eigenvalue weighted by molar-refractivity contribution is 0.291. The topological polar surface area (TPSA) is 53.1 Å². The Morgan fingerprint density at radius 3 is 2.89 bits per heavy atom. The van der Waals surface area contributed by atoms with Crippen molar-refractivity contribution in [1.82, 2.24) is 9.78 Å². The number of halogens is 1. The summed E-state index contributed by atoms with van der Waals surface area (Å²) in [4.78, 5) is 0. The lowest BCUT2D eigenvalue weighted by Crippen LogP contribution is -2.06. The van der Waals surface area contributed by atoms with Crippen LogP contribution in [0, 0.1) is 6.92 Å². The van der Waals surface area contributed by atoms with Gasteiger partial charge in [-0.1, -0.05) is 0 Å². The number of aryl methyl sites for hydroxylation is 2. The number of aromatic nitrogens is 2. The Morgan fingerprint density at radius 2 is 2.17 bits per heavy atom. The highest BCUT2D eigenvalue weighted by atomic mass is 79.9. The van der Waals surface area contributed by atoms with Crippen LogP contribution in [-0.2, 0) is 13.2 Å². The minimum absolute atomic E-state index is 0.483. The van der Waals surface area contributed by atoms with Gasteiger partial charge < -0.3 is 10.5 Å². The molecule has 0 atom stereocenters. The summed E-state index contributed by atoms with van der Waals surface area (Å²) in [5.74, 6) is 0.747. The Balaban J connectivity index is 2.13. The highest BCUT2D eigenvalue weighted by Gasteiger charge is 2.07. The number of nitrogens with zero attached hydrogens (tertiary/aromatic N) is 2. The number of ether oxygens (including phenoxy) is 1. The third kappa shape index (κ3) is 2.85. The maximum absolute atomic E-state index is 5.77. The molecule has 0 saturated heterocycles. The van der Waals surface area contributed by atoms with Crippen LogP contribution in [0.2, 0.25) is 0 Å². The zero-order valence-corrected chi connectivity index (χ0v) is 12.1. The van der Waals surface area contributed by atoms with Gasteiger partial charge in [0.1, 0.15) is 12.4 Å². The summed E-state index contributed by atoms with van der Waals surface area (Å²) in [6.07, 6.45) is 0. The van der Waals surface area contributed by atoms with Gasteiger partial charge in [-0.3, -0.25) is 4.68 Å². The molecule has 2 aromatic rings. The highest BCUT2D eigenvalue weighted by molar-refractivity contribution is 9.10. The minimum Gasteiger partial charge on any atom is -0.486 e. The number of nitrogen functional groups attached to an aromatic ring is 1. The third-order valence-corrected chi connectivity index (χ3v) is 3.27. The first kappa shape index (κ1) is 13.0. The molecule has 0 spiro atoms. The molecule has 0 fully saturated rings. The Labute approximate surface area is 115 Å². The first-order valence-electron chi connectivity index (χ1n) is 5.81. The zero-order chi connectivity index (χ0) is 13.1. The average molecular weight is 310 g/mol. The molecule has 0 bridgehead atoms. The van der Waals surface area contributed by atoms with Gasteiger partial charge in [0.15, 0.2) is 0 Å². The predicted molar refractivity (Wildman–Crippen MR) is 75.5 cm³/mol. The van der Waals surface area contributed by atoms with E-state index < -0.39 is 0 Å². The molecular weight excluding hydrogens is 294 g/mol. The zero-order valence-electron chi connectivity index (χ0n) is 10.5. The highest BCUT2D eigenvalue weighted by Crippen LogP contribution is 2.27. The molecule has 2 rings (SSSR count). The monoisotopic (exact) mass is 309 g/mol. The summed E-state index contributed by atoms with van der Waals surface area (Å²) in [7, 11) is 0. The van der Waals surface area contributed by atoms with E-state index in [2.05, 4.69) is 28.0 Å². The van der Waals surface area contributed by atoms with E-state index in [0.29, 0.717) is 12.3 Å². The molecule has 0 unspecified atom stereocenters. The van der Waals surface area contributed by atoms with Crippen molar-refractivity contribution in [3.63, 3.8) is 0 Å². The van der Waals surface area contributed by atoms with Gasteiger partial charge in [-0.25, -0.2) is 0 Å². The molecule has 96 valence electrons. The van der Waals surface area contributed by atoms with Crippen LogP contribution in [0.25, 0.3) is 0 Å². The molecular formula is C13H16BrN3O. The van der Waals surface area contributed by atoms with Gasteiger partial charge in [0, 0.05) is 18.3 Å². The molecule has 1 aromatic heterocycles. The van der Waals surface area contributed by atoms with Crippen LogP contribution in [0.5, 0.6) is 5.75 Å². The van der Waals surface area contributed by atoms with Crippen molar-refractivity contribution in [1.29, 1.82) is 0 Å². The van der Waals surface area contributed by atoms with Crippen LogP contribution in [0.1, 0.15) is 18.3 Å². The summed E-state index contributed by atoms with van der Waals surface area (Å²) >= 11 is 3.44. The van der Waals surface area contributed by atoms with Gasteiger partial charge in [0.2, 0.25) is 0 Å². The fourth-order valence-corrected chi connectivity index (χ4v) is 2.13. The van der Waals surface area contributed by atoms with Gasteiger partial charge in [-0.2, -0.15) is 5.10 Å². The van der Waals surface area contributed by atoms with E-state index in [9.17, 15) is 0 Å². The SMILES string of the molecule is CCn1nc(C)cc1COc1cc(N)ccc1Br. The van der Waals surface area contributed by atoms with E-state index in [4.69, 9.17) is 10.5 Å². The fraction of sp³-hybridized carbons (Fsp3) is 0.308. The molecule has 2 N–H and O–H groups in total. The van der Waals surface area contributed by atoms with Crippen molar-refractivity contribution in [3.05, 3.63) is 40.1 Å². The Morgan fingerprint density at radius 1 is 1.39 bits per heavy atom. The molecule has 0 saturated carbocycles. The first-order chi connectivity index (χ1) is 8.60. The standard InChI is InChI=1S/C13H16BrN3O/c1-3-17-11(6-9(2)16-17)8-18-13-7-10(15)4-5-12(13)14/h4-7H,3,8,15H2,1-2H3. The summed E-state index contributed by atoms with van der Waals surface area (Å²) in [5, 5.41) is 4.38. The van der Waals surface area contributed by atoms with E-state index in [0.717, 1.165) is 28.2 Å². The summed E-state index contributed by atoms with van der Waals surface area (Å²) in [6, 6.07) is 7.55. The van der Waals surface area contributed by atoms with E-state index in [-0.39, 0.29) is 0 Å². The largest absolute Gasteiger partial charge is 0.486 e. The van der Waals surface area contributed by atoms with Crippen molar-refractivity contribution >= 4 is 21.6 Å². The van der Waals surface area contributed by atoms with E-state index in [1.807, 2.05) is 35.9 Å². The van der Waals surface area contributed by atoms with E-state index in [1.54, 1.807) is 0 Å². The number of rotatable bonds is 4. The van der Waals surface area contributed by atoms with E-state index >= 15 is 0 Å². The normalized spacial score (nSPS) is 10.6. The predicted octanol–water partition coefficient (Wildman–Crippen LogP) is 3.14. The van der Waals surface area contributed by atoms with Crippen LogP contribution < -0.4 is 10.5 Å². The average Bonchev–Trinajstić information content (AvgIpc) is 2.71. The lowest BCUT2D eigenvalue weighted by atomic mass is 10.3. The second-order valence-corrected chi connectivity index (χ2v) is 4.93. The van der Waals surface area contributed by atoms with Crippen molar-refractivity contribution < 1.29 is 4.74 Å². The molecule has 1 aromatic carbocycles. The minimum atomic E-state index is 0.483. The van der Waals surface area contributed by atoms with Gasteiger partial charge in [-0.05, 0) is 48.0 Å². The maximum atomic E-state index is 5.77. The fourth-order valence-electron chi connectivity index (χ4n) is 1.77. The molecule has 1 heterocycles. The molecule has 0 radical (unpaired) electrons. The number of nitrogens with two attached hydrogens (primary N) is 1. The van der Waals surface area contributed by atoms with Gasteiger partial charge in [-0.15, -0.1) is 0 Å². The molecule has 18 heavy (non-hydrogen) atoms. The van der Waals surface area contributed by atoms with E-state index in [1.165, 1.54) is 0 Å².